The smallest absolute Gasteiger partial charge is 0.172 e. The average molecular weight is 403 g/mol. The summed E-state index contributed by atoms with van der Waals surface area (Å²) in [5, 5.41) is 1.55. The number of ether oxygens (including phenoxy) is 1. The summed E-state index contributed by atoms with van der Waals surface area (Å²) in [5.74, 6) is 1.48. The second-order valence-corrected chi connectivity index (χ2v) is 8.46. The van der Waals surface area contributed by atoms with Crippen LogP contribution in [-0.2, 0) is 12.8 Å². The molecule has 4 rings (SSSR count). The summed E-state index contributed by atoms with van der Waals surface area (Å²) in [6.07, 6.45) is 9.15. The van der Waals surface area contributed by atoms with Crippen LogP contribution in [0.4, 0.5) is 4.39 Å². The molecule has 0 spiro atoms. The molecule has 3 aromatic rings. The molecular formula is C28H31FO. The van der Waals surface area contributed by atoms with Crippen molar-refractivity contribution in [3.8, 4) is 5.75 Å². The third-order valence-electron chi connectivity index (χ3n) is 6.54. The molecule has 0 saturated heterocycles. The molecule has 3 aromatic carbocycles. The van der Waals surface area contributed by atoms with E-state index in [0.717, 1.165) is 18.2 Å². The van der Waals surface area contributed by atoms with Gasteiger partial charge in [-0.15, -0.1) is 6.58 Å². The van der Waals surface area contributed by atoms with Crippen molar-refractivity contribution < 1.29 is 9.13 Å². The standard InChI is InChI=1S/C28H31FO/c1-3-20-7-12-23(13-8-20)24-14-9-21(10-15-24)5-6-22-11-17-26-25(19-22)16-18-27(28(26)29)30-4-2/h3,9-11,14-20,23H,1,4-8,12-13H2,2H3. The summed E-state index contributed by atoms with van der Waals surface area (Å²) in [6.45, 7) is 6.28. The van der Waals surface area contributed by atoms with Gasteiger partial charge < -0.3 is 4.74 Å². The topological polar surface area (TPSA) is 9.23 Å². The third-order valence-corrected chi connectivity index (χ3v) is 6.54. The van der Waals surface area contributed by atoms with Crippen LogP contribution in [0, 0.1) is 11.7 Å². The second kappa shape index (κ2) is 9.47. The highest BCUT2D eigenvalue weighted by Crippen LogP contribution is 2.36. The molecular weight excluding hydrogens is 371 g/mol. The van der Waals surface area contributed by atoms with Gasteiger partial charge in [-0.05, 0) is 85.4 Å². The summed E-state index contributed by atoms with van der Waals surface area (Å²) in [6, 6.07) is 18.9. The molecule has 2 heteroatoms. The van der Waals surface area contributed by atoms with Gasteiger partial charge in [-0.3, -0.25) is 0 Å². The van der Waals surface area contributed by atoms with Crippen molar-refractivity contribution in [3.63, 3.8) is 0 Å². The zero-order chi connectivity index (χ0) is 20.9. The summed E-state index contributed by atoms with van der Waals surface area (Å²) in [4.78, 5) is 0. The first-order valence-corrected chi connectivity index (χ1v) is 11.2. The van der Waals surface area contributed by atoms with E-state index < -0.39 is 0 Å². The molecule has 1 saturated carbocycles. The van der Waals surface area contributed by atoms with Gasteiger partial charge in [0, 0.05) is 5.39 Å². The maximum Gasteiger partial charge on any atom is 0.172 e. The van der Waals surface area contributed by atoms with Crippen LogP contribution >= 0.6 is 0 Å². The lowest BCUT2D eigenvalue weighted by atomic mass is 9.78. The molecule has 0 amide bonds. The molecule has 1 nitrogen and oxygen atoms in total. The van der Waals surface area contributed by atoms with Crippen molar-refractivity contribution in [1.29, 1.82) is 0 Å². The van der Waals surface area contributed by atoms with E-state index in [1.54, 1.807) is 6.07 Å². The quantitative estimate of drug-likeness (QED) is 0.369. The Morgan fingerprint density at radius 1 is 0.933 bits per heavy atom. The minimum Gasteiger partial charge on any atom is -0.491 e. The van der Waals surface area contributed by atoms with Crippen molar-refractivity contribution in [2.24, 2.45) is 5.92 Å². The van der Waals surface area contributed by atoms with E-state index in [1.807, 2.05) is 25.1 Å². The van der Waals surface area contributed by atoms with E-state index in [4.69, 9.17) is 4.74 Å². The average Bonchev–Trinajstić information content (AvgIpc) is 2.80. The maximum absolute atomic E-state index is 14.5. The Hall–Kier alpha value is -2.61. The lowest BCUT2D eigenvalue weighted by Gasteiger charge is -2.27. The number of rotatable bonds is 7. The molecule has 0 aromatic heterocycles. The molecule has 0 unspecified atom stereocenters. The molecule has 30 heavy (non-hydrogen) atoms. The van der Waals surface area contributed by atoms with E-state index in [2.05, 4.69) is 43.0 Å². The summed E-state index contributed by atoms with van der Waals surface area (Å²) < 4.78 is 19.9. The molecule has 0 aliphatic heterocycles. The van der Waals surface area contributed by atoms with Crippen LogP contribution in [0.2, 0.25) is 0 Å². The van der Waals surface area contributed by atoms with Crippen LogP contribution in [-0.4, -0.2) is 6.61 Å². The fourth-order valence-corrected chi connectivity index (χ4v) is 4.68. The Labute approximate surface area is 179 Å². The van der Waals surface area contributed by atoms with E-state index in [1.165, 1.54) is 42.4 Å². The highest BCUT2D eigenvalue weighted by Gasteiger charge is 2.20. The van der Waals surface area contributed by atoms with Crippen molar-refractivity contribution >= 4 is 10.8 Å². The Balaban J connectivity index is 1.39. The highest BCUT2D eigenvalue weighted by atomic mass is 19.1. The van der Waals surface area contributed by atoms with Gasteiger partial charge in [0.1, 0.15) is 0 Å². The molecule has 1 aliphatic carbocycles. The van der Waals surface area contributed by atoms with Gasteiger partial charge in [0.2, 0.25) is 0 Å². The van der Waals surface area contributed by atoms with E-state index in [-0.39, 0.29) is 5.82 Å². The lowest BCUT2D eigenvalue weighted by Crippen LogP contribution is -2.11. The van der Waals surface area contributed by atoms with Gasteiger partial charge in [0.25, 0.3) is 0 Å². The zero-order valence-electron chi connectivity index (χ0n) is 17.9. The van der Waals surface area contributed by atoms with Crippen molar-refractivity contribution in [2.75, 3.05) is 6.61 Å². The predicted octanol–water partition coefficient (Wildman–Crippen LogP) is 7.62. The second-order valence-electron chi connectivity index (χ2n) is 8.46. The van der Waals surface area contributed by atoms with E-state index in [9.17, 15) is 4.39 Å². The van der Waals surface area contributed by atoms with Gasteiger partial charge in [-0.2, -0.15) is 0 Å². The fourth-order valence-electron chi connectivity index (χ4n) is 4.68. The molecule has 0 radical (unpaired) electrons. The van der Waals surface area contributed by atoms with Crippen LogP contribution in [0.5, 0.6) is 5.75 Å². The van der Waals surface area contributed by atoms with Crippen LogP contribution in [0.3, 0.4) is 0 Å². The van der Waals surface area contributed by atoms with Crippen LogP contribution in [0.25, 0.3) is 10.8 Å². The summed E-state index contributed by atoms with van der Waals surface area (Å²) >= 11 is 0. The highest BCUT2D eigenvalue weighted by molar-refractivity contribution is 5.85. The number of halogens is 1. The number of aryl methyl sites for hydroxylation is 2. The third kappa shape index (κ3) is 4.59. The number of hydrogen-bond donors (Lipinski definition) is 0. The predicted molar refractivity (Wildman–Crippen MR) is 124 cm³/mol. The van der Waals surface area contributed by atoms with Crippen LogP contribution < -0.4 is 4.74 Å². The Bertz CT molecular complexity index is 997. The molecule has 0 N–H and O–H groups in total. The van der Waals surface area contributed by atoms with E-state index in [0.29, 0.717) is 29.6 Å². The van der Waals surface area contributed by atoms with Crippen LogP contribution in [0.15, 0.2) is 67.3 Å². The minimum absolute atomic E-state index is 0.265. The molecule has 1 fully saturated rings. The number of allylic oxidation sites excluding steroid dienone is 1. The first-order chi connectivity index (χ1) is 14.7. The molecule has 0 atom stereocenters. The maximum atomic E-state index is 14.5. The van der Waals surface area contributed by atoms with Gasteiger partial charge in [0.15, 0.2) is 11.6 Å². The molecule has 0 heterocycles. The molecule has 0 bridgehead atoms. The number of benzene rings is 3. The zero-order valence-corrected chi connectivity index (χ0v) is 17.9. The fraction of sp³-hybridized carbons (Fsp3) is 0.357. The first-order valence-electron chi connectivity index (χ1n) is 11.2. The SMILES string of the molecule is C=CC1CCC(c2ccc(CCc3ccc4c(F)c(OCC)ccc4c3)cc2)CC1. The van der Waals surface area contributed by atoms with Gasteiger partial charge in [-0.25, -0.2) is 4.39 Å². The number of hydrogen-bond acceptors (Lipinski definition) is 1. The van der Waals surface area contributed by atoms with Crippen molar-refractivity contribution in [1.82, 2.24) is 0 Å². The molecule has 1 aliphatic rings. The Morgan fingerprint density at radius 2 is 1.63 bits per heavy atom. The van der Waals surface area contributed by atoms with Crippen molar-refractivity contribution in [3.05, 3.63) is 89.8 Å². The van der Waals surface area contributed by atoms with Crippen molar-refractivity contribution in [2.45, 2.75) is 51.4 Å². The first kappa shape index (κ1) is 20.7. The largest absolute Gasteiger partial charge is 0.491 e. The summed E-state index contributed by atoms with van der Waals surface area (Å²) in [7, 11) is 0. The lowest BCUT2D eigenvalue weighted by molar-refractivity contribution is 0.323. The normalized spacial score (nSPS) is 19.0. The van der Waals surface area contributed by atoms with Crippen LogP contribution in [0.1, 0.15) is 55.2 Å². The van der Waals surface area contributed by atoms with E-state index >= 15 is 0 Å². The monoisotopic (exact) mass is 402 g/mol. The van der Waals surface area contributed by atoms with Gasteiger partial charge in [0.05, 0.1) is 6.61 Å². The Kier molecular flexibility index (Phi) is 6.52. The minimum atomic E-state index is -0.265. The summed E-state index contributed by atoms with van der Waals surface area (Å²) in [5.41, 5.74) is 4.07. The van der Waals surface area contributed by atoms with Gasteiger partial charge in [-0.1, -0.05) is 54.6 Å². The molecule has 156 valence electrons. The number of fused-ring (bicyclic) bond motifs is 1. The Morgan fingerprint density at radius 3 is 2.33 bits per heavy atom. The van der Waals surface area contributed by atoms with Gasteiger partial charge >= 0.3 is 0 Å².